The van der Waals surface area contributed by atoms with Gasteiger partial charge in [-0.2, -0.15) is 4.98 Å². The second-order valence-electron chi connectivity index (χ2n) is 2.81. The van der Waals surface area contributed by atoms with Gasteiger partial charge in [-0.3, -0.25) is 0 Å². The molecule has 5 heteroatoms. The number of nitrogen functional groups attached to an aromatic ring is 1. The van der Waals surface area contributed by atoms with Gasteiger partial charge in [0.25, 0.3) is 5.95 Å². The first-order valence-electron chi connectivity index (χ1n) is 4.07. The van der Waals surface area contributed by atoms with Crippen molar-refractivity contribution in [3.8, 4) is 0 Å². The predicted octanol–water partition coefficient (Wildman–Crippen LogP) is 2.01. The molecule has 0 bridgehead atoms. The van der Waals surface area contributed by atoms with Crippen LogP contribution in [0, 0.1) is 0 Å². The van der Waals surface area contributed by atoms with Gasteiger partial charge in [0.2, 0.25) is 5.89 Å². The van der Waals surface area contributed by atoms with E-state index in [4.69, 9.17) is 10.3 Å². The molecule has 72 valence electrons. The maximum absolute atomic E-state index is 5.34. The lowest BCUT2D eigenvalue weighted by molar-refractivity contribution is 0.386. The normalized spacial score (nSPS) is 10.4. The third kappa shape index (κ3) is 1.93. The Bertz CT molecular complexity index is 441. The Hall–Kier alpha value is -1.36. The molecule has 0 radical (unpaired) electrons. The van der Waals surface area contributed by atoms with E-state index < -0.39 is 0 Å². The summed E-state index contributed by atoms with van der Waals surface area (Å²) >= 11 is 3.44. The number of nitrogens with two attached hydrogens (primary N) is 1. The van der Waals surface area contributed by atoms with Crippen LogP contribution in [0.2, 0.25) is 0 Å². The molecular weight excluding hydrogens is 246 g/mol. The molecule has 1 heterocycles. The molecule has 0 aliphatic carbocycles. The van der Waals surface area contributed by atoms with E-state index in [1.54, 1.807) is 0 Å². The Labute approximate surface area is 89.2 Å². The second kappa shape index (κ2) is 3.79. The molecule has 2 rings (SSSR count). The average Bonchev–Trinajstić information content (AvgIpc) is 2.56. The summed E-state index contributed by atoms with van der Waals surface area (Å²) in [5, 5.41) is 3.52. The molecule has 0 unspecified atom stereocenters. The van der Waals surface area contributed by atoms with Crippen LogP contribution in [-0.2, 0) is 6.42 Å². The van der Waals surface area contributed by atoms with E-state index in [9.17, 15) is 0 Å². The number of halogens is 1. The molecule has 4 nitrogen and oxygen atoms in total. The van der Waals surface area contributed by atoms with Crippen LogP contribution in [0.5, 0.6) is 0 Å². The number of rotatable bonds is 2. The largest absolute Gasteiger partial charge is 0.365 e. The van der Waals surface area contributed by atoms with Crippen molar-refractivity contribution in [2.45, 2.75) is 6.42 Å². The third-order valence-electron chi connectivity index (χ3n) is 1.78. The fraction of sp³-hybridized carbons (Fsp3) is 0.111. The van der Waals surface area contributed by atoms with Gasteiger partial charge in [0.05, 0.1) is 6.42 Å². The molecule has 0 spiro atoms. The van der Waals surface area contributed by atoms with Gasteiger partial charge < -0.3 is 10.3 Å². The molecule has 2 aromatic rings. The summed E-state index contributed by atoms with van der Waals surface area (Å²) in [5.41, 5.74) is 6.44. The van der Waals surface area contributed by atoms with Gasteiger partial charge in [0, 0.05) is 4.47 Å². The number of nitrogens with zero attached hydrogens (tertiary/aromatic N) is 2. The van der Waals surface area contributed by atoms with E-state index in [1.165, 1.54) is 0 Å². The van der Waals surface area contributed by atoms with Gasteiger partial charge in [-0.05, 0) is 16.8 Å². The maximum Gasteiger partial charge on any atom is 0.260 e. The minimum Gasteiger partial charge on any atom is -0.365 e. The Morgan fingerprint density at radius 2 is 2.14 bits per heavy atom. The second-order valence-corrected chi connectivity index (χ2v) is 3.67. The molecule has 1 aromatic carbocycles. The summed E-state index contributed by atoms with van der Waals surface area (Å²) < 4.78 is 5.94. The van der Waals surface area contributed by atoms with Crippen molar-refractivity contribution in [1.29, 1.82) is 0 Å². The van der Waals surface area contributed by atoms with Gasteiger partial charge in [-0.1, -0.05) is 34.1 Å². The highest BCUT2D eigenvalue weighted by Gasteiger charge is 2.06. The highest BCUT2D eigenvalue weighted by atomic mass is 79.9. The van der Waals surface area contributed by atoms with Crippen molar-refractivity contribution >= 4 is 21.9 Å². The summed E-state index contributed by atoms with van der Waals surface area (Å²) in [4.78, 5) is 3.93. The number of hydrogen-bond donors (Lipinski definition) is 1. The van der Waals surface area contributed by atoms with Gasteiger partial charge in [0.1, 0.15) is 0 Å². The molecule has 0 fully saturated rings. The zero-order valence-electron chi connectivity index (χ0n) is 7.27. The quantitative estimate of drug-likeness (QED) is 0.890. The van der Waals surface area contributed by atoms with E-state index in [0.717, 1.165) is 10.0 Å². The van der Waals surface area contributed by atoms with E-state index in [1.807, 2.05) is 24.3 Å². The fourth-order valence-corrected chi connectivity index (χ4v) is 1.57. The van der Waals surface area contributed by atoms with E-state index in [0.29, 0.717) is 12.3 Å². The van der Waals surface area contributed by atoms with Crippen LogP contribution in [0.1, 0.15) is 11.5 Å². The van der Waals surface area contributed by atoms with Gasteiger partial charge in [0.15, 0.2) is 0 Å². The summed E-state index contributed by atoms with van der Waals surface area (Å²) in [7, 11) is 0. The minimum atomic E-state index is 0.173. The van der Waals surface area contributed by atoms with Crippen LogP contribution in [-0.4, -0.2) is 10.1 Å². The zero-order valence-corrected chi connectivity index (χ0v) is 8.86. The summed E-state index contributed by atoms with van der Waals surface area (Å²) in [6.45, 7) is 0. The van der Waals surface area contributed by atoms with Crippen molar-refractivity contribution in [2.24, 2.45) is 0 Å². The zero-order chi connectivity index (χ0) is 9.97. The molecular formula is C9H8BrN3O. The van der Waals surface area contributed by atoms with E-state index >= 15 is 0 Å². The predicted molar refractivity (Wildman–Crippen MR) is 55.7 cm³/mol. The molecule has 0 saturated carbocycles. The van der Waals surface area contributed by atoms with Crippen LogP contribution in [0.25, 0.3) is 0 Å². The average molecular weight is 254 g/mol. The highest BCUT2D eigenvalue weighted by molar-refractivity contribution is 9.10. The minimum absolute atomic E-state index is 0.173. The summed E-state index contributed by atoms with van der Waals surface area (Å²) in [6.07, 6.45) is 0.589. The number of benzene rings is 1. The van der Waals surface area contributed by atoms with Gasteiger partial charge >= 0.3 is 0 Å². The Morgan fingerprint density at radius 3 is 2.79 bits per heavy atom. The smallest absolute Gasteiger partial charge is 0.260 e. The first kappa shape index (κ1) is 9.21. The monoisotopic (exact) mass is 253 g/mol. The fourth-order valence-electron chi connectivity index (χ4n) is 1.14. The summed E-state index contributed by atoms with van der Waals surface area (Å²) in [6, 6.07) is 7.87. The van der Waals surface area contributed by atoms with E-state index in [-0.39, 0.29) is 5.95 Å². The van der Waals surface area contributed by atoms with Gasteiger partial charge in [-0.25, -0.2) is 0 Å². The lowest BCUT2D eigenvalue weighted by Crippen LogP contribution is -1.91. The number of hydrogen-bond acceptors (Lipinski definition) is 4. The molecule has 1 aromatic heterocycles. The molecule has 0 saturated heterocycles. The lowest BCUT2D eigenvalue weighted by atomic mass is 10.1. The Morgan fingerprint density at radius 1 is 1.36 bits per heavy atom. The molecule has 0 amide bonds. The number of anilines is 1. The van der Waals surface area contributed by atoms with Crippen molar-refractivity contribution in [1.82, 2.24) is 10.1 Å². The highest BCUT2D eigenvalue weighted by Crippen LogP contribution is 2.18. The molecule has 0 aliphatic heterocycles. The Balaban J connectivity index is 2.23. The van der Waals surface area contributed by atoms with Crippen LogP contribution in [0.4, 0.5) is 5.95 Å². The first-order chi connectivity index (χ1) is 6.75. The van der Waals surface area contributed by atoms with Crippen LogP contribution < -0.4 is 5.73 Å². The first-order valence-corrected chi connectivity index (χ1v) is 4.86. The molecule has 14 heavy (non-hydrogen) atoms. The van der Waals surface area contributed by atoms with Crippen molar-refractivity contribution in [3.63, 3.8) is 0 Å². The third-order valence-corrected chi connectivity index (χ3v) is 2.56. The Kier molecular flexibility index (Phi) is 2.49. The standard InChI is InChI=1S/C9H8BrN3O/c10-7-4-2-1-3-6(7)5-8-12-9(11)13-14-8/h1-4H,5H2,(H2,11,13). The lowest BCUT2D eigenvalue weighted by Gasteiger charge is -1.98. The van der Waals surface area contributed by atoms with E-state index in [2.05, 4.69) is 26.1 Å². The SMILES string of the molecule is Nc1noc(Cc2ccccc2Br)n1. The van der Waals surface area contributed by atoms with Crippen LogP contribution in [0.3, 0.4) is 0 Å². The maximum atomic E-state index is 5.34. The summed E-state index contributed by atoms with van der Waals surface area (Å²) in [5.74, 6) is 0.696. The van der Waals surface area contributed by atoms with Crippen LogP contribution >= 0.6 is 15.9 Å². The molecule has 0 aliphatic rings. The number of aromatic nitrogens is 2. The molecule has 0 atom stereocenters. The van der Waals surface area contributed by atoms with Crippen molar-refractivity contribution in [3.05, 3.63) is 40.2 Å². The molecule has 2 N–H and O–H groups in total. The van der Waals surface area contributed by atoms with Crippen molar-refractivity contribution < 1.29 is 4.52 Å². The van der Waals surface area contributed by atoms with Crippen molar-refractivity contribution in [2.75, 3.05) is 5.73 Å². The van der Waals surface area contributed by atoms with Crippen LogP contribution in [0.15, 0.2) is 33.3 Å². The topological polar surface area (TPSA) is 64.9 Å². The van der Waals surface area contributed by atoms with Gasteiger partial charge in [-0.15, -0.1) is 0 Å².